The standard InChI is InChI=1S/C18H21FN2O3/c1-22-18-6-2-4-14(21-18)11-20-16-10-13(19)7-8-17(16)24-12-15-5-3-9-23-15/h2,4,6-8,10,15,20H,3,5,9,11-12H2,1H3. The van der Waals surface area contributed by atoms with Crippen LogP contribution in [0.3, 0.4) is 0 Å². The van der Waals surface area contributed by atoms with Gasteiger partial charge in [-0.1, -0.05) is 6.07 Å². The van der Waals surface area contributed by atoms with Crippen molar-refractivity contribution in [3.63, 3.8) is 0 Å². The van der Waals surface area contributed by atoms with Crippen LogP contribution >= 0.6 is 0 Å². The molecule has 0 bridgehead atoms. The number of anilines is 1. The van der Waals surface area contributed by atoms with Gasteiger partial charge in [0.25, 0.3) is 0 Å². The molecule has 5 nitrogen and oxygen atoms in total. The quantitative estimate of drug-likeness (QED) is 0.842. The first-order valence-corrected chi connectivity index (χ1v) is 8.02. The molecule has 1 aromatic carbocycles. The van der Waals surface area contributed by atoms with Crippen LogP contribution in [0.5, 0.6) is 11.6 Å². The Morgan fingerprint density at radius 2 is 2.25 bits per heavy atom. The number of benzene rings is 1. The number of hydrogen-bond donors (Lipinski definition) is 1. The lowest BCUT2D eigenvalue weighted by Crippen LogP contribution is -2.17. The first-order chi connectivity index (χ1) is 11.7. The van der Waals surface area contributed by atoms with E-state index >= 15 is 0 Å². The Balaban J connectivity index is 1.65. The molecule has 3 rings (SSSR count). The van der Waals surface area contributed by atoms with Crippen LogP contribution in [-0.2, 0) is 11.3 Å². The van der Waals surface area contributed by atoms with Gasteiger partial charge in [0.1, 0.15) is 18.2 Å². The van der Waals surface area contributed by atoms with E-state index in [1.165, 1.54) is 12.1 Å². The van der Waals surface area contributed by atoms with E-state index in [1.807, 2.05) is 12.1 Å². The van der Waals surface area contributed by atoms with Crippen molar-refractivity contribution in [3.05, 3.63) is 47.9 Å². The zero-order chi connectivity index (χ0) is 16.8. The molecule has 1 aromatic heterocycles. The number of ether oxygens (including phenoxy) is 3. The summed E-state index contributed by atoms with van der Waals surface area (Å²) in [5, 5.41) is 3.17. The third kappa shape index (κ3) is 4.35. The van der Waals surface area contributed by atoms with Gasteiger partial charge in [-0.15, -0.1) is 0 Å². The first kappa shape index (κ1) is 16.5. The summed E-state index contributed by atoms with van der Waals surface area (Å²) in [6.45, 7) is 1.69. The zero-order valence-electron chi connectivity index (χ0n) is 13.6. The van der Waals surface area contributed by atoms with Gasteiger partial charge in [-0.2, -0.15) is 0 Å². The second kappa shape index (κ2) is 7.97. The predicted octanol–water partition coefficient (Wildman–Crippen LogP) is 3.40. The van der Waals surface area contributed by atoms with E-state index in [-0.39, 0.29) is 11.9 Å². The fraction of sp³-hybridized carbons (Fsp3) is 0.389. The van der Waals surface area contributed by atoms with Crippen LogP contribution in [0, 0.1) is 5.82 Å². The average molecular weight is 332 g/mol. The second-order valence-electron chi connectivity index (χ2n) is 5.61. The monoisotopic (exact) mass is 332 g/mol. The number of nitrogens with one attached hydrogen (secondary N) is 1. The minimum absolute atomic E-state index is 0.114. The van der Waals surface area contributed by atoms with E-state index in [0.29, 0.717) is 30.5 Å². The SMILES string of the molecule is COc1cccc(CNc2cc(F)ccc2OCC2CCCO2)n1. The van der Waals surface area contributed by atoms with Crippen LogP contribution in [0.15, 0.2) is 36.4 Å². The molecule has 0 saturated carbocycles. The Bertz CT molecular complexity index is 675. The Morgan fingerprint density at radius 3 is 3.04 bits per heavy atom. The van der Waals surface area contributed by atoms with Crippen molar-refractivity contribution in [1.82, 2.24) is 4.98 Å². The van der Waals surface area contributed by atoms with Crippen molar-refractivity contribution in [2.24, 2.45) is 0 Å². The third-order valence-electron chi connectivity index (χ3n) is 3.84. The second-order valence-corrected chi connectivity index (χ2v) is 5.61. The van der Waals surface area contributed by atoms with Crippen LogP contribution in [0.4, 0.5) is 10.1 Å². The minimum atomic E-state index is -0.319. The first-order valence-electron chi connectivity index (χ1n) is 8.02. The number of methoxy groups -OCH3 is 1. The molecule has 0 amide bonds. The predicted molar refractivity (Wildman–Crippen MR) is 89.0 cm³/mol. The molecule has 0 radical (unpaired) electrons. The lowest BCUT2D eigenvalue weighted by atomic mass is 10.2. The number of pyridine rings is 1. The molecule has 1 fully saturated rings. The summed E-state index contributed by atoms with van der Waals surface area (Å²) >= 11 is 0. The number of aromatic nitrogens is 1. The minimum Gasteiger partial charge on any atom is -0.489 e. The van der Waals surface area contributed by atoms with Gasteiger partial charge in [0.15, 0.2) is 0 Å². The molecule has 1 saturated heterocycles. The number of rotatable bonds is 7. The maximum absolute atomic E-state index is 13.6. The van der Waals surface area contributed by atoms with E-state index in [4.69, 9.17) is 14.2 Å². The van der Waals surface area contributed by atoms with Crippen molar-refractivity contribution < 1.29 is 18.6 Å². The third-order valence-corrected chi connectivity index (χ3v) is 3.84. The summed E-state index contributed by atoms with van der Waals surface area (Å²) in [5.74, 6) is 0.832. The Morgan fingerprint density at radius 1 is 1.33 bits per heavy atom. The van der Waals surface area contributed by atoms with Crippen LogP contribution in [0.2, 0.25) is 0 Å². The zero-order valence-corrected chi connectivity index (χ0v) is 13.6. The summed E-state index contributed by atoms with van der Waals surface area (Å²) in [6, 6.07) is 9.96. The van der Waals surface area contributed by atoms with Crippen molar-refractivity contribution in [2.45, 2.75) is 25.5 Å². The topological polar surface area (TPSA) is 52.6 Å². The molecule has 6 heteroatoms. The maximum Gasteiger partial charge on any atom is 0.213 e. The molecule has 0 spiro atoms. The van der Waals surface area contributed by atoms with E-state index in [1.54, 1.807) is 19.2 Å². The fourth-order valence-electron chi connectivity index (χ4n) is 2.58. The number of halogens is 1. The molecular formula is C18H21FN2O3. The number of nitrogens with zero attached hydrogens (tertiary/aromatic N) is 1. The van der Waals surface area contributed by atoms with Crippen LogP contribution < -0.4 is 14.8 Å². The van der Waals surface area contributed by atoms with E-state index in [2.05, 4.69) is 10.3 Å². The summed E-state index contributed by atoms with van der Waals surface area (Å²) in [6.07, 6.45) is 2.17. The van der Waals surface area contributed by atoms with Gasteiger partial charge in [0.2, 0.25) is 5.88 Å². The summed E-state index contributed by atoms with van der Waals surface area (Å²) < 4.78 is 30.0. The Kier molecular flexibility index (Phi) is 5.48. The van der Waals surface area contributed by atoms with Gasteiger partial charge in [-0.05, 0) is 31.0 Å². The van der Waals surface area contributed by atoms with E-state index < -0.39 is 0 Å². The van der Waals surface area contributed by atoms with E-state index in [0.717, 1.165) is 25.1 Å². The summed E-state index contributed by atoms with van der Waals surface area (Å²) in [5.41, 5.74) is 1.39. The number of hydrogen-bond acceptors (Lipinski definition) is 5. The smallest absolute Gasteiger partial charge is 0.213 e. The van der Waals surface area contributed by atoms with Gasteiger partial charge in [0.05, 0.1) is 31.1 Å². The van der Waals surface area contributed by atoms with Gasteiger partial charge in [0, 0.05) is 18.7 Å². The van der Waals surface area contributed by atoms with Crippen LogP contribution in [0.1, 0.15) is 18.5 Å². The molecule has 128 valence electrons. The van der Waals surface area contributed by atoms with Gasteiger partial charge < -0.3 is 19.5 Å². The highest BCUT2D eigenvalue weighted by atomic mass is 19.1. The summed E-state index contributed by atoms with van der Waals surface area (Å²) in [7, 11) is 1.57. The molecule has 0 aliphatic carbocycles. The lowest BCUT2D eigenvalue weighted by molar-refractivity contribution is 0.0682. The fourth-order valence-corrected chi connectivity index (χ4v) is 2.58. The van der Waals surface area contributed by atoms with Gasteiger partial charge >= 0.3 is 0 Å². The largest absolute Gasteiger partial charge is 0.489 e. The molecule has 1 aliphatic heterocycles. The normalized spacial score (nSPS) is 16.8. The average Bonchev–Trinajstić information content (AvgIpc) is 3.13. The van der Waals surface area contributed by atoms with E-state index in [9.17, 15) is 4.39 Å². The van der Waals surface area contributed by atoms with Crippen molar-refractivity contribution in [2.75, 3.05) is 25.6 Å². The molecule has 2 heterocycles. The Labute approximate surface area is 140 Å². The molecule has 1 unspecified atom stereocenters. The molecule has 1 N–H and O–H groups in total. The summed E-state index contributed by atoms with van der Waals surface area (Å²) in [4.78, 5) is 4.33. The van der Waals surface area contributed by atoms with Crippen molar-refractivity contribution in [3.8, 4) is 11.6 Å². The highest BCUT2D eigenvalue weighted by Gasteiger charge is 2.17. The van der Waals surface area contributed by atoms with Crippen LogP contribution in [0.25, 0.3) is 0 Å². The molecular weight excluding hydrogens is 311 g/mol. The highest BCUT2D eigenvalue weighted by molar-refractivity contribution is 5.56. The molecule has 1 aliphatic rings. The lowest BCUT2D eigenvalue weighted by Gasteiger charge is -2.16. The van der Waals surface area contributed by atoms with Crippen LogP contribution in [-0.4, -0.2) is 31.4 Å². The Hall–Kier alpha value is -2.34. The van der Waals surface area contributed by atoms with Crippen molar-refractivity contribution in [1.29, 1.82) is 0 Å². The molecule has 24 heavy (non-hydrogen) atoms. The maximum atomic E-state index is 13.6. The molecule has 2 aromatic rings. The highest BCUT2D eigenvalue weighted by Crippen LogP contribution is 2.27. The van der Waals surface area contributed by atoms with Crippen molar-refractivity contribution >= 4 is 5.69 Å². The molecule has 1 atom stereocenters. The van der Waals surface area contributed by atoms with Gasteiger partial charge in [-0.25, -0.2) is 9.37 Å². The van der Waals surface area contributed by atoms with Gasteiger partial charge in [-0.3, -0.25) is 0 Å².